The van der Waals surface area contributed by atoms with Gasteiger partial charge in [-0.05, 0) is 24.3 Å². The summed E-state index contributed by atoms with van der Waals surface area (Å²) in [6.07, 6.45) is -0.958. The summed E-state index contributed by atoms with van der Waals surface area (Å²) in [5.74, 6) is -1.06. The van der Waals surface area contributed by atoms with Crippen LogP contribution in [0.2, 0.25) is 0 Å². The van der Waals surface area contributed by atoms with Gasteiger partial charge in [0.2, 0.25) is 10.0 Å². The van der Waals surface area contributed by atoms with E-state index in [1.165, 1.54) is 33.3 Å². The molecular weight excluding hydrogens is 284 g/mol. The maximum Gasteiger partial charge on any atom is 0.334 e. The van der Waals surface area contributed by atoms with Crippen molar-refractivity contribution in [1.82, 2.24) is 4.31 Å². The molecule has 2 N–H and O–H groups in total. The average molecular weight is 302 g/mol. The van der Waals surface area contributed by atoms with Crippen molar-refractivity contribution in [2.45, 2.75) is 11.0 Å². The van der Waals surface area contributed by atoms with E-state index in [4.69, 9.17) is 9.84 Å². The Balaban J connectivity index is 2.76. The first kappa shape index (κ1) is 16.4. The minimum absolute atomic E-state index is 0.0889. The van der Waals surface area contributed by atoms with Crippen LogP contribution >= 0.6 is 0 Å². The first-order valence-electron chi connectivity index (χ1n) is 5.81. The van der Waals surface area contributed by atoms with Crippen LogP contribution in [0.5, 0.6) is 0 Å². The van der Waals surface area contributed by atoms with Gasteiger partial charge in [0.1, 0.15) is 0 Å². The zero-order valence-electron chi connectivity index (χ0n) is 11.5. The predicted molar refractivity (Wildman–Crippen MR) is 74.2 cm³/mol. The van der Waals surface area contributed by atoms with Gasteiger partial charge in [0.15, 0.2) is 6.10 Å². The Morgan fingerprint density at radius 3 is 2.30 bits per heavy atom. The van der Waals surface area contributed by atoms with Gasteiger partial charge in [-0.15, -0.1) is 0 Å². The molecule has 1 unspecified atom stereocenters. The Kier molecular flexibility index (Phi) is 5.49. The van der Waals surface area contributed by atoms with Gasteiger partial charge >= 0.3 is 5.97 Å². The summed E-state index contributed by atoms with van der Waals surface area (Å²) in [4.78, 5) is 10.9. The number of ether oxygens (including phenoxy) is 1. The third kappa shape index (κ3) is 3.92. The van der Waals surface area contributed by atoms with Crippen molar-refractivity contribution in [1.29, 1.82) is 0 Å². The fourth-order valence-corrected chi connectivity index (χ4v) is 2.34. The van der Waals surface area contributed by atoms with Crippen LogP contribution in [-0.2, 0) is 19.6 Å². The molecule has 0 bridgehead atoms. The molecule has 0 aliphatic rings. The lowest BCUT2D eigenvalue weighted by molar-refractivity contribution is -0.147. The van der Waals surface area contributed by atoms with Crippen molar-refractivity contribution in [2.24, 2.45) is 0 Å². The maximum absolute atomic E-state index is 11.9. The molecule has 0 aliphatic carbocycles. The standard InChI is InChI=1S/C12H18N2O5S/c1-14(2)20(17,18)10-6-4-9(5-7-10)13-8-11(19-3)12(15)16/h4-7,11,13H,8H2,1-3H3,(H,15,16). The van der Waals surface area contributed by atoms with Gasteiger partial charge in [-0.25, -0.2) is 17.5 Å². The van der Waals surface area contributed by atoms with Crippen LogP contribution < -0.4 is 5.32 Å². The van der Waals surface area contributed by atoms with Crippen LogP contribution in [0.1, 0.15) is 0 Å². The van der Waals surface area contributed by atoms with Crippen molar-refractivity contribution in [3.8, 4) is 0 Å². The van der Waals surface area contributed by atoms with E-state index in [1.54, 1.807) is 12.1 Å². The van der Waals surface area contributed by atoms with Crippen molar-refractivity contribution in [3.05, 3.63) is 24.3 Å². The second-order valence-electron chi connectivity index (χ2n) is 4.26. The highest BCUT2D eigenvalue weighted by Crippen LogP contribution is 2.16. The SMILES string of the molecule is COC(CNc1ccc(S(=O)(=O)N(C)C)cc1)C(=O)O. The minimum Gasteiger partial charge on any atom is -0.479 e. The fraction of sp³-hybridized carbons (Fsp3) is 0.417. The Morgan fingerprint density at radius 2 is 1.90 bits per heavy atom. The lowest BCUT2D eigenvalue weighted by atomic mass is 10.3. The molecule has 0 spiro atoms. The molecule has 0 amide bonds. The van der Waals surface area contributed by atoms with E-state index in [-0.39, 0.29) is 11.4 Å². The summed E-state index contributed by atoms with van der Waals surface area (Å²) in [7, 11) is 0.768. The number of hydrogen-bond donors (Lipinski definition) is 2. The molecule has 1 rings (SSSR count). The second kappa shape index (κ2) is 6.69. The van der Waals surface area contributed by atoms with Crippen molar-refractivity contribution >= 4 is 21.7 Å². The summed E-state index contributed by atoms with van der Waals surface area (Å²) in [6.45, 7) is 0.0889. The Morgan fingerprint density at radius 1 is 1.35 bits per heavy atom. The quantitative estimate of drug-likeness (QED) is 0.759. The number of anilines is 1. The van der Waals surface area contributed by atoms with Gasteiger partial charge in [-0.2, -0.15) is 0 Å². The van der Waals surface area contributed by atoms with Crippen LogP contribution in [0.25, 0.3) is 0 Å². The van der Waals surface area contributed by atoms with E-state index in [0.29, 0.717) is 5.69 Å². The van der Waals surface area contributed by atoms with E-state index in [9.17, 15) is 13.2 Å². The number of aliphatic carboxylic acids is 1. The topological polar surface area (TPSA) is 95.9 Å². The van der Waals surface area contributed by atoms with Crippen LogP contribution in [0.15, 0.2) is 29.2 Å². The van der Waals surface area contributed by atoms with Gasteiger partial charge in [0.25, 0.3) is 0 Å². The highest BCUT2D eigenvalue weighted by molar-refractivity contribution is 7.89. The third-order valence-electron chi connectivity index (χ3n) is 2.68. The maximum atomic E-state index is 11.9. The summed E-state index contributed by atoms with van der Waals surface area (Å²) in [5, 5.41) is 11.7. The number of benzene rings is 1. The molecule has 0 aliphatic heterocycles. The number of nitrogens with zero attached hydrogens (tertiary/aromatic N) is 1. The summed E-state index contributed by atoms with van der Waals surface area (Å²) in [6, 6.07) is 6.07. The summed E-state index contributed by atoms with van der Waals surface area (Å²) in [5.41, 5.74) is 0.617. The third-order valence-corrected chi connectivity index (χ3v) is 4.51. The molecule has 0 aromatic heterocycles. The first-order chi connectivity index (χ1) is 9.28. The zero-order chi connectivity index (χ0) is 15.3. The van der Waals surface area contributed by atoms with Gasteiger partial charge in [-0.1, -0.05) is 0 Å². The molecule has 7 nitrogen and oxygen atoms in total. The van der Waals surface area contributed by atoms with Crippen LogP contribution in [0.4, 0.5) is 5.69 Å². The van der Waals surface area contributed by atoms with Crippen LogP contribution in [0, 0.1) is 0 Å². The number of methoxy groups -OCH3 is 1. The minimum atomic E-state index is -3.46. The molecule has 0 heterocycles. The van der Waals surface area contributed by atoms with Crippen LogP contribution in [0.3, 0.4) is 0 Å². The smallest absolute Gasteiger partial charge is 0.334 e. The number of carboxylic acid groups (broad SMARTS) is 1. The predicted octanol–water partition coefficient (Wildman–Crippen LogP) is 0.448. The number of rotatable bonds is 7. The molecule has 20 heavy (non-hydrogen) atoms. The van der Waals surface area contributed by atoms with E-state index in [0.717, 1.165) is 4.31 Å². The Bertz CT molecular complexity index is 554. The summed E-state index contributed by atoms with van der Waals surface area (Å²) < 4.78 is 29.6. The monoisotopic (exact) mass is 302 g/mol. The Labute approximate surface area is 118 Å². The lowest BCUT2D eigenvalue weighted by Crippen LogP contribution is -2.30. The molecule has 1 aromatic carbocycles. The van der Waals surface area contributed by atoms with Crippen LogP contribution in [-0.4, -0.2) is 57.7 Å². The molecule has 0 saturated heterocycles. The molecule has 1 aromatic rings. The molecule has 1 atom stereocenters. The zero-order valence-corrected chi connectivity index (χ0v) is 12.3. The fourth-order valence-electron chi connectivity index (χ4n) is 1.44. The largest absolute Gasteiger partial charge is 0.479 e. The number of carboxylic acids is 1. The first-order valence-corrected chi connectivity index (χ1v) is 7.25. The highest BCUT2D eigenvalue weighted by atomic mass is 32.2. The van der Waals surface area contributed by atoms with E-state index < -0.39 is 22.1 Å². The van der Waals surface area contributed by atoms with Crippen molar-refractivity contribution in [3.63, 3.8) is 0 Å². The number of sulfonamides is 1. The number of hydrogen-bond acceptors (Lipinski definition) is 5. The molecule has 8 heteroatoms. The van der Waals surface area contributed by atoms with E-state index >= 15 is 0 Å². The number of carbonyl (C=O) groups is 1. The lowest BCUT2D eigenvalue weighted by Gasteiger charge is -2.14. The molecular formula is C12H18N2O5S. The van der Waals surface area contributed by atoms with E-state index in [1.807, 2.05) is 0 Å². The van der Waals surface area contributed by atoms with Gasteiger partial charge in [0, 0.05) is 26.9 Å². The van der Waals surface area contributed by atoms with Crippen molar-refractivity contribution < 1.29 is 23.1 Å². The second-order valence-corrected chi connectivity index (χ2v) is 6.41. The normalized spacial score (nSPS) is 13.2. The van der Waals surface area contributed by atoms with Gasteiger partial charge in [0.05, 0.1) is 11.4 Å². The molecule has 0 saturated carbocycles. The van der Waals surface area contributed by atoms with Gasteiger partial charge < -0.3 is 15.2 Å². The van der Waals surface area contributed by atoms with Gasteiger partial charge in [-0.3, -0.25) is 0 Å². The van der Waals surface area contributed by atoms with Crippen molar-refractivity contribution in [2.75, 3.05) is 33.1 Å². The Hall–Kier alpha value is -1.64. The molecule has 0 radical (unpaired) electrons. The number of nitrogens with one attached hydrogen (secondary N) is 1. The average Bonchev–Trinajstić information content (AvgIpc) is 2.39. The summed E-state index contributed by atoms with van der Waals surface area (Å²) >= 11 is 0. The molecule has 112 valence electrons. The molecule has 0 fully saturated rings. The highest BCUT2D eigenvalue weighted by Gasteiger charge is 2.18. The van der Waals surface area contributed by atoms with E-state index in [2.05, 4.69) is 5.32 Å².